The zero-order valence-corrected chi connectivity index (χ0v) is 27.8. The van der Waals surface area contributed by atoms with Gasteiger partial charge in [-0.15, -0.1) is 22.7 Å². The maximum absolute atomic E-state index is 13.5. The molecule has 0 aliphatic carbocycles. The second-order valence-electron chi connectivity index (χ2n) is 11.6. The van der Waals surface area contributed by atoms with Gasteiger partial charge < -0.3 is 19.7 Å². The molecule has 0 radical (unpaired) electrons. The first-order chi connectivity index (χ1) is 23.6. The van der Waals surface area contributed by atoms with E-state index in [1.165, 1.54) is 6.92 Å². The van der Waals surface area contributed by atoms with Crippen molar-refractivity contribution < 1.29 is 32.6 Å². The maximum Gasteiger partial charge on any atom is 0.443 e. The average Bonchev–Trinajstić information content (AvgIpc) is 3.78. The van der Waals surface area contributed by atoms with Gasteiger partial charge in [0.1, 0.15) is 11.4 Å². The number of morpholine rings is 1. The zero-order chi connectivity index (χ0) is 34.3. The molecule has 2 aromatic carbocycles. The summed E-state index contributed by atoms with van der Waals surface area (Å²) in [6, 6.07) is 20.3. The van der Waals surface area contributed by atoms with Crippen LogP contribution in [0.3, 0.4) is 0 Å². The van der Waals surface area contributed by atoms with E-state index in [4.69, 9.17) is 4.74 Å². The van der Waals surface area contributed by atoms with E-state index in [0.717, 1.165) is 56.9 Å². The van der Waals surface area contributed by atoms with Crippen LogP contribution in [-0.2, 0) is 22.3 Å². The summed E-state index contributed by atoms with van der Waals surface area (Å²) in [5, 5.41) is 12.7. The number of nitrogens with zero attached hydrogens (tertiary/aromatic N) is 4. The van der Waals surface area contributed by atoms with Crippen LogP contribution < -0.4 is 5.32 Å². The number of nitrogens with one attached hydrogen (secondary N) is 1. The smallest absolute Gasteiger partial charge is 0.443 e. The average molecular weight is 706 g/mol. The van der Waals surface area contributed by atoms with Gasteiger partial charge in [-0.3, -0.25) is 9.69 Å². The van der Waals surface area contributed by atoms with E-state index >= 15 is 0 Å². The highest BCUT2D eigenvalue weighted by molar-refractivity contribution is 7.21. The third kappa shape index (κ3) is 6.69. The molecule has 1 amide bonds. The van der Waals surface area contributed by atoms with Crippen LogP contribution in [0.2, 0.25) is 0 Å². The number of carboxylic acid groups (broad SMARTS) is 1. The Hall–Kier alpha value is -4.63. The minimum atomic E-state index is -4.54. The molecule has 252 valence electrons. The summed E-state index contributed by atoms with van der Waals surface area (Å²) in [6.07, 6.45) is -4.54. The number of amides is 1. The summed E-state index contributed by atoms with van der Waals surface area (Å²) in [5.41, 5.74) is 5.06. The van der Waals surface area contributed by atoms with Crippen LogP contribution in [0.1, 0.15) is 20.4 Å². The van der Waals surface area contributed by atoms with Crippen LogP contribution in [-0.4, -0.2) is 75.8 Å². The second kappa shape index (κ2) is 13.3. The van der Waals surface area contributed by atoms with Crippen molar-refractivity contribution in [2.24, 2.45) is 0 Å². The monoisotopic (exact) mass is 705 g/mol. The molecule has 1 aliphatic heterocycles. The van der Waals surface area contributed by atoms with Crippen LogP contribution in [0, 0.1) is 6.92 Å². The number of benzene rings is 2. The number of carbonyl (C=O) groups excluding carboxylic acids is 1. The molecule has 0 unspecified atom stereocenters. The fourth-order valence-electron chi connectivity index (χ4n) is 6.10. The fourth-order valence-corrected chi connectivity index (χ4v) is 8.07. The summed E-state index contributed by atoms with van der Waals surface area (Å²) in [7, 11) is 0. The molecule has 7 rings (SSSR count). The van der Waals surface area contributed by atoms with Crippen LogP contribution in [0.15, 0.2) is 66.7 Å². The van der Waals surface area contributed by atoms with Crippen molar-refractivity contribution in [3.63, 3.8) is 0 Å². The lowest BCUT2D eigenvalue weighted by molar-refractivity contribution is -0.137. The summed E-state index contributed by atoms with van der Waals surface area (Å²) >= 11 is 1.73. The van der Waals surface area contributed by atoms with Gasteiger partial charge in [0.05, 0.1) is 50.9 Å². The van der Waals surface area contributed by atoms with Gasteiger partial charge in [-0.05, 0) is 42.3 Å². The summed E-state index contributed by atoms with van der Waals surface area (Å²) in [5.74, 6) is -1.26. The molecule has 1 aliphatic rings. The lowest BCUT2D eigenvalue weighted by atomic mass is 10.00. The van der Waals surface area contributed by atoms with E-state index in [1.54, 1.807) is 18.2 Å². The number of aryl methyl sites for hydroxylation is 1. The first-order valence-electron chi connectivity index (χ1n) is 15.5. The molecule has 0 saturated carbocycles. The number of thiazole rings is 1. The Morgan fingerprint density at radius 3 is 2.47 bits per heavy atom. The summed E-state index contributed by atoms with van der Waals surface area (Å²) in [4.78, 5) is 36.7. The van der Waals surface area contributed by atoms with Gasteiger partial charge in [0.2, 0.25) is 5.91 Å². The van der Waals surface area contributed by atoms with E-state index in [2.05, 4.69) is 20.2 Å². The lowest BCUT2D eigenvalue weighted by Gasteiger charge is -2.26. The van der Waals surface area contributed by atoms with Crippen molar-refractivity contribution in [1.29, 1.82) is 0 Å². The van der Waals surface area contributed by atoms with Crippen LogP contribution >= 0.6 is 22.7 Å². The Balaban J connectivity index is 1.30. The third-order valence-corrected chi connectivity index (χ3v) is 10.8. The molecule has 1 fully saturated rings. The number of carbonyl (C=O) groups is 2. The third-order valence-electron chi connectivity index (χ3n) is 8.40. The highest BCUT2D eigenvalue weighted by atomic mass is 32.1. The van der Waals surface area contributed by atoms with Gasteiger partial charge >= 0.3 is 12.1 Å². The van der Waals surface area contributed by atoms with Gasteiger partial charge in [0, 0.05) is 37.1 Å². The highest BCUT2D eigenvalue weighted by Gasteiger charge is 2.36. The van der Waals surface area contributed by atoms with Gasteiger partial charge in [0.25, 0.3) is 0 Å². The predicted octanol–water partition coefficient (Wildman–Crippen LogP) is 7.18. The standard InChI is InChI=1S/C35H30F3N5O4S2/c1-20-31(49-34(40-20)35(36,37)38)25-10-7-22-17-23(8-9-24(22)41-25)30-29(21-5-3-2-4-6-21)32-26(18-27(48-32)33(45)46)43(30)19-28(44)39-11-12-42-13-15-47-16-14-42/h2-10,17-18H,11-16,19H2,1H3,(H,39,44)(H,45,46). The Labute approximate surface area is 286 Å². The molecule has 0 atom stereocenters. The number of fused-ring (bicyclic) bond motifs is 2. The molecule has 4 aromatic heterocycles. The van der Waals surface area contributed by atoms with Crippen LogP contribution in [0.5, 0.6) is 0 Å². The van der Waals surface area contributed by atoms with E-state index in [9.17, 15) is 27.9 Å². The lowest BCUT2D eigenvalue weighted by Crippen LogP contribution is -2.41. The van der Waals surface area contributed by atoms with Gasteiger partial charge in [0.15, 0.2) is 5.01 Å². The number of carboxylic acids is 1. The van der Waals surface area contributed by atoms with E-state index in [1.807, 2.05) is 53.1 Å². The van der Waals surface area contributed by atoms with Crippen molar-refractivity contribution in [1.82, 2.24) is 24.8 Å². The number of thiophene rings is 1. The normalized spacial score (nSPS) is 14.1. The number of pyridine rings is 1. The Bertz CT molecular complexity index is 2190. The number of hydrogen-bond acceptors (Lipinski definition) is 8. The highest BCUT2D eigenvalue weighted by Crippen LogP contribution is 2.45. The van der Waals surface area contributed by atoms with Crippen molar-refractivity contribution in [3.8, 4) is 33.0 Å². The minimum absolute atomic E-state index is 0.0427. The molecule has 5 heterocycles. The summed E-state index contributed by atoms with van der Waals surface area (Å²) in [6.45, 7) is 5.59. The zero-order valence-electron chi connectivity index (χ0n) is 26.2. The van der Waals surface area contributed by atoms with Crippen molar-refractivity contribution in [2.75, 3.05) is 39.4 Å². The molecule has 6 aromatic rings. The quantitative estimate of drug-likeness (QED) is 0.164. The van der Waals surface area contributed by atoms with Gasteiger partial charge in [-0.1, -0.05) is 42.5 Å². The molecular weight excluding hydrogens is 676 g/mol. The predicted molar refractivity (Wildman–Crippen MR) is 184 cm³/mol. The number of hydrogen-bond donors (Lipinski definition) is 2. The Kier molecular flexibility index (Phi) is 8.96. The molecule has 9 nitrogen and oxygen atoms in total. The Morgan fingerprint density at radius 2 is 1.76 bits per heavy atom. The molecule has 1 saturated heterocycles. The molecule has 0 spiro atoms. The number of aromatic nitrogens is 3. The van der Waals surface area contributed by atoms with Crippen molar-refractivity contribution in [2.45, 2.75) is 19.6 Å². The summed E-state index contributed by atoms with van der Waals surface area (Å²) < 4.78 is 48.1. The van der Waals surface area contributed by atoms with E-state index < -0.39 is 17.2 Å². The SMILES string of the molecule is Cc1nc(C(F)(F)F)sc1-c1ccc2cc(-c3c(-c4ccccc4)c4sc(C(=O)O)cc4n3CC(=O)NCCN3CCOCC3)ccc2n1. The van der Waals surface area contributed by atoms with Crippen molar-refractivity contribution in [3.05, 3.63) is 82.3 Å². The number of aromatic carboxylic acids is 1. The first-order valence-corrected chi connectivity index (χ1v) is 17.2. The topological polar surface area (TPSA) is 110 Å². The van der Waals surface area contributed by atoms with Crippen LogP contribution in [0.4, 0.5) is 13.2 Å². The fraction of sp³-hybridized carbons (Fsp3) is 0.257. The van der Waals surface area contributed by atoms with E-state index in [-0.39, 0.29) is 23.0 Å². The molecule has 14 heteroatoms. The second-order valence-corrected chi connectivity index (χ2v) is 13.7. The number of alkyl halides is 3. The molecule has 49 heavy (non-hydrogen) atoms. The Morgan fingerprint density at radius 1 is 0.980 bits per heavy atom. The molecule has 2 N–H and O–H groups in total. The van der Waals surface area contributed by atoms with Crippen molar-refractivity contribution >= 4 is 55.7 Å². The number of ether oxygens (including phenoxy) is 1. The van der Waals surface area contributed by atoms with Gasteiger partial charge in [-0.2, -0.15) is 13.2 Å². The van der Waals surface area contributed by atoms with Crippen LogP contribution in [0.25, 0.3) is 54.1 Å². The molecular formula is C35H30F3N5O4S2. The van der Waals surface area contributed by atoms with E-state index in [0.29, 0.717) is 59.2 Å². The first kappa shape index (κ1) is 32.9. The van der Waals surface area contributed by atoms with Gasteiger partial charge in [-0.25, -0.2) is 14.8 Å². The maximum atomic E-state index is 13.5. The minimum Gasteiger partial charge on any atom is -0.477 e. The number of halogens is 3. The number of rotatable bonds is 9. The molecule has 0 bridgehead atoms. The largest absolute Gasteiger partial charge is 0.477 e.